The summed E-state index contributed by atoms with van der Waals surface area (Å²) in [5.74, 6) is -0.104. The van der Waals surface area contributed by atoms with E-state index >= 15 is 0 Å². The van der Waals surface area contributed by atoms with E-state index in [1.54, 1.807) is 21.3 Å². The number of aldehydes is 1. The van der Waals surface area contributed by atoms with Gasteiger partial charge in [0.05, 0.1) is 0 Å². The van der Waals surface area contributed by atoms with Gasteiger partial charge in [-0.2, -0.15) is 0 Å². The molecule has 1 aliphatic heterocycles. The van der Waals surface area contributed by atoms with Gasteiger partial charge >= 0.3 is 8.56 Å². The first-order chi connectivity index (χ1) is 8.16. The molecule has 0 saturated carbocycles. The van der Waals surface area contributed by atoms with Gasteiger partial charge in [0.15, 0.2) is 0 Å². The molecule has 0 aromatic heterocycles. The Hall–Kier alpha value is -0.273. The van der Waals surface area contributed by atoms with Gasteiger partial charge in [0.25, 0.3) is 0 Å². The Morgan fingerprint density at radius 2 is 1.94 bits per heavy atom. The van der Waals surface area contributed by atoms with E-state index in [1.807, 2.05) is 0 Å². The van der Waals surface area contributed by atoms with Gasteiger partial charge in [-0.15, -0.1) is 0 Å². The molecule has 0 bridgehead atoms. The Bertz CT molecular complexity index is 260. The van der Waals surface area contributed by atoms with Crippen LogP contribution in [0.2, 0.25) is 6.04 Å². The van der Waals surface area contributed by atoms with Crippen LogP contribution in [0.25, 0.3) is 0 Å². The van der Waals surface area contributed by atoms with Crippen LogP contribution in [0, 0.1) is 5.92 Å². The van der Waals surface area contributed by atoms with Crippen LogP contribution >= 0.6 is 0 Å². The number of hydrogen-bond donors (Lipinski definition) is 1. The predicted octanol–water partition coefficient (Wildman–Crippen LogP) is 2.22. The Balaban J connectivity index is 0.00000289. The minimum atomic E-state index is -2.47. The highest BCUT2D eigenvalue weighted by Crippen LogP contribution is 2.45. The van der Waals surface area contributed by atoms with E-state index in [4.69, 9.17) is 13.6 Å². The number of methoxy groups -OCH3 is 1. The van der Waals surface area contributed by atoms with Crippen LogP contribution in [-0.2, 0) is 18.4 Å². The van der Waals surface area contributed by atoms with E-state index < -0.39 is 13.8 Å². The third kappa shape index (κ3) is 2.53. The summed E-state index contributed by atoms with van der Waals surface area (Å²) in [4.78, 5) is 11.4. The molecular weight excluding hydrogens is 250 g/mol. The molecule has 0 radical (unpaired) electrons. The van der Waals surface area contributed by atoms with E-state index in [9.17, 15) is 4.79 Å². The molecule has 2 unspecified atom stereocenters. The zero-order valence-corrected chi connectivity index (χ0v) is 13.0. The molecule has 3 N–H and O–H groups in total. The fourth-order valence-corrected chi connectivity index (χ4v) is 7.33. The van der Waals surface area contributed by atoms with Crippen molar-refractivity contribution >= 4 is 14.8 Å². The van der Waals surface area contributed by atoms with E-state index in [1.165, 1.54) is 0 Å². The van der Waals surface area contributed by atoms with Gasteiger partial charge in [-0.25, -0.2) is 0 Å². The van der Waals surface area contributed by atoms with Gasteiger partial charge in [0.2, 0.25) is 0 Å². The lowest BCUT2D eigenvalue weighted by molar-refractivity contribution is -0.122. The summed E-state index contributed by atoms with van der Waals surface area (Å²) in [5, 5.41) is -0.523. The summed E-state index contributed by atoms with van der Waals surface area (Å²) in [6, 6.07) is 0.901. The zero-order chi connectivity index (χ0) is 12.9. The Morgan fingerprint density at radius 1 is 1.33 bits per heavy atom. The molecule has 1 fully saturated rings. The molecule has 18 heavy (non-hydrogen) atoms. The van der Waals surface area contributed by atoms with Crippen molar-refractivity contribution in [3.05, 3.63) is 0 Å². The maximum Gasteiger partial charge on any atom is 0.371 e. The van der Waals surface area contributed by atoms with E-state index in [-0.39, 0.29) is 12.1 Å². The van der Waals surface area contributed by atoms with Gasteiger partial charge in [0, 0.05) is 27.2 Å². The molecule has 1 heterocycles. The molecule has 108 valence electrons. The minimum absolute atomic E-state index is 0. The van der Waals surface area contributed by atoms with Gasteiger partial charge in [-0.05, 0) is 18.9 Å². The van der Waals surface area contributed by atoms with Crippen molar-refractivity contribution < 1.29 is 18.4 Å². The third-order valence-corrected chi connectivity index (χ3v) is 8.52. The van der Waals surface area contributed by atoms with Crippen molar-refractivity contribution in [3.8, 4) is 0 Å². The molecule has 1 saturated heterocycles. The van der Waals surface area contributed by atoms with Crippen molar-refractivity contribution in [1.82, 2.24) is 6.15 Å². The minimum Gasteiger partial charge on any atom is -0.396 e. The van der Waals surface area contributed by atoms with E-state index in [0.717, 1.165) is 38.0 Å². The zero-order valence-electron chi connectivity index (χ0n) is 12.0. The maximum atomic E-state index is 11.4. The topological polar surface area (TPSA) is 79.8 Å². The summed E-state index contributed by atoms with van der Waals surface area (Å²) >= 11 is 0. The highest BCUT2D eigenvalue weighted by Gasteiger charge is 2.62. The molecule has 2 atom stereocenters. The van der Waals surface area contributed by atoms with Gasteiger partial charge in [0.1, 0.15) is 11.5 Å². The average Bonchev–Trinajstić information content (AvgIpc) is 2.39. The number of carbonyl (C=O) groups is 1. The first-order valence-electron chi connectivity index (χ1n) is 6.27. The number of hydrogen-bond acceptors (Lipinski definition) is 5. The van der Waals surface area contributed by atoms with E-state index in [2.05, 4.69) is 6.92 Å². The highest BCUT2D eigenvalue weighted by molar-refractivity contribution is 6.71. The number of rotatable bonds is 6. The molecular formula is C12H27NO4Si. The second-order valence-corrected chi connectivity index (χ2v) is 8.31. The fraction of sp³-hybridized carbons (Fsp3) is 0.917. The van der Waals surface area contributed by atoms with Crippen LogP contribution < -0.4 is 6.15 Å². The van der Waals surface area contributed by atoms with Gasteiger partial charge in [-0.1, -0.05) is 19.8 Å². The number of carbonyl (C=O) groups excluding carboxylic acids is 1. The summed E-state index contributed by atoms with van der Waals surface area (Å²) in [7, 11) is 2.58. The normalized spacial score (nSPS) is 30.6. The Kier molecular flexibility index (Phi) is 7.24. The van der Waals surface area contributed by atoms with Crippen molar-refractivity contribution in [2.75, 3.05) is 21.3 Å². The van der Waals surface area contributed by atoms with E-state index in [0.29, 0.717) is 0 Å². The fourth-order valence-electron chi connectivity index (χ4n) is 3.25. The highest BCUT2D eigenvalue weighted by atomic mass is 28.4. The molecule has 0 amide bonds. The summed E-state index contributed by atoms with van der Waals surface area (Å²) < 4.78 is 17.3. The molecule has 0 aromatic rings. The lowest BCUT2D eigenvalue weighted by atomic mass is 9.93. The van der Waals surface area contributed by atoms with Crippen LogP contribution in [0.15, 0.2) is 0 Å². The van der Waals surface area contributed by atoms with Crippen LogP contribution in [-0.4, -0.2) is 41.4 Å². The van der Waals surface area contributed by atoms with Crippen LogP contribution in [0.5, 0.6) is 0 Å². The molecule has 0 aromatic carbocycles. The second kappa shape index (κ2) is 7.35. The smallest absolute Gasteiger partial charge is 0.371 e. The Labute approximate surface area is 111 Å². The molecule has 0 aliphatic carbocycles. The van der Waals surface area contributed by atoms with Gasteiger partial charge < -0.3 is 24.5 Å². The largest absolute Gasteiger partial charge is 0.396 e. The SMILES string of the molecule is CCCC1(OC)C(C=O)CCC[Si]1(OC)OC.N. The molecule has 6 heteroatoms. The van der Waals surface area contributed by atoms with Crippen molar-refractivity contribution in [2.45, 2.75) is 43.9 Å². The molecule has 0 spiro atoms. The average molecular weight is 277 g/mol. The quantitative estimate of drug-likeness (QED) is 0.595. The lowest BCUT2D eigenvalue weighted by Gasteiger charge is -2.50. The van der Waals surface area contributed by atoms with Crippen LogP contribution in [0.4, 0.5) is 0 Å². The van der Waals surface area contributed by atoms with Crippen molar-refractivity contribution in [2.24, 2.45) is 5.92 Å². The summed E-state index contributed by atoms with van der Waals surface area (Å²) in [6.07, 6.45) is 4.66. The van der Waals surface area contributed by atoms with Gasteiger partial charge in [-0.3, -0.25) is 0 Å². The van der Waals surface area contributed by atoms with Crippen LogP contribution in [0.1, 0.15) is 32.6 Å². The van der Waals surface area contributed by atoms with Crippen molar-refractivity contribution in [3.63, 3.8) is 0 Å². The van der Waals surface area contributed by atoms with Crippen molar-refractivity contribution in [1.29, 1.82) is 0 Å². The molecule has 1 rings (SSSR count). The maximum absolute atomic E-state index is 11.4. The number of ether oxygens (including phenoxy) is 1. The standard InChI is InChI=1S/C12H24O4Si.H3N/c1-5-8-12(14-2)11(10-13)7-6-9-17(12,15-3)16-4;/h10-11H,5-9H2,1-4H3;1H3. The molecule has 1 aliphatic rings. The lowest BCUT2D eigenvalue weighted by Crippen LogP contribution is -2.68. The Morgan fingerprint density at radius 3 is 2.33 bits per heavy atom. The first-order valence-corrected chi connectivity index (χ1v) is 8.29. The summed E-state index contributed by atoms with van der Waals surface area (Å²) in [5.41, 5.74) is 0. The predicted molar refractivity (Wildman–Crippen MR) is 73.0 cm³/mol. The third-order valence-electron chi connectivity index (χ3n) is 4.07. The van der Waals surface area contributed by atoms with Crippen LogP contribution in [0.3, 0.4) is 0 Å². The second-order valence-electron chi connectivity index (χ2n) is 4.64. The molecule has 5 nitrogen and oxygen atoms in total. The summed E-state index contributed by atoms with van der Waals surface area (Å²) in [6.45, 7) is 2.10. The monoisotopic (exact) mass is 277 g/mol. The first kappa shape index (κ1) is 17.7.